The monoisotopic (exact) mass is 362 g/mol. The quantitative estimate of drug-likeness (QED) is 0.588. The van der Waals surface area contributed by atoms with Gasteiger partial charge in [0.2, 0.25) is 0 Å². The summed E-state index contributed by atoms with van der Waals surface area (Å²) in [5.74, 6) is 2.34. The maximum atomic E-state index is 11.3. The Hall–Kier alpha value is -3.41. The minimum Gasteiger partial charge on any atom is -0.497 e. The van der Waals surface area contributed by atoms with Crippen LogP contribution in [0.3, 0.4) is 0 Å². The van der Waals surface area contributed by atoms with Crippen LogP contribution in [0.5, 0.6) is 5.75 Å². The Labute approximate surface area is 158 Å². The van der Waals surface area contributed by atoms with Crippen molar-refractivity contribution in [3.63, 3.8) is 0 Å². The van der Waals surface area contributed by atoms with Gasteiger partial charge in [-0.15, -0.1) is 0 Å². The summed E-state index contributed by atoms with van der Waals surface area (Å²) in [6.07, 6.45) is 2.39. The number of ketones is 1. The molecule has 0 aliphatic rings. The fourth-order valence-electron chi connectivity index (χ4n) is 2.59. The van der Waals surface area contributed by atoms with Crippen LogP contribution in [-0.2, 0) is 6.42 Å². The van der Waals surface area contributed by atoms with E-state index in [0.29, 0.717) is 11.4 Å². The number of anilines is 3. The Morgan fingerprint density at radius 3 is 2.37 bits per heavy atom. The van der Waals surface area contributed by atoms with E-state index in [0.717, 1.165) is 30.2 Å². The summed E-state index contributed by atoms with van der Waals surface area (Å²) in [5.41, 5.74) is 2.77. The number of hydrogen-bond acceptors (Lipinski definition) is 6. The molecule has 0 aliphatic carbocycles. The van der Waals surface area contributed by atoms with Crippen molar-refractivity contribution in [3.8, 4) is 5.75 Å². The molecule has 0 spiro atoms. The lowest BCUT2D eigenvalue weighted by Crippen LogP contribution is -2.07. The van der Waals surface area contributed by atoms with Crippen molar-refractivity contribution < 1.29 is 9.53 Å². The van der Waals surface area contributed by atoms with Gasteiger partial charge in [0.25, 0.3) is 0 Å². The van der Waals surface area contributed by atoms with Gasteiger partial charge in [-0.1, -0.05) is 12.1 Å². The Bertz CT molecular complexity index is 893. The van der Waals surface area contributed by atoms with E-state index >= 15 is 0 Å². The normalized spacial score (nSPS) is 10.3. The number of rotatable bonds is 8. The zero-order chi connectivity index (χ0) is 19.1. The first-order valence-electron chi connectivity index (χ1n) is 8.71. The van der Waals surface area contributed by atoms with E-state index in [9.17, 15) is 4.79 Å². The average Bonchev–Trinajstić information content (AvgIpc) is 2.69. The maximum Gasteiger partial charge on any atom is 0.159 e. The second-order valence-electron chi connectivity index (χ2n) is 6.07. The number of ether oxygens (including phenoxy) is 1. The molecule has 0 saturated carbocycles. The largest absolute Gasteiger partial charge is 0.497 e. The summed E-state index contributed by atoms with van der Waals surface area (Å²) in [6, 6.07) is 17.2. The second-order valence-corrected chi connectivity index (χ2v) is 6.07. The van der Waals surface area contributed by atoms with E-state index < -0.39 is 0 Å². The molecule has 1 heterocycles. The molecule has 0 bridgehead atoms. The molecule has 0 unspecified atom stereocenters. The molecular formula is C21H22N4O2. The molecule has 6 nitrogen and oxygen atoms in total. The highest BCUT2D eigenvalue weighted by Crippen LogP contribution is 2.17. The molecule has 3 rings (SSSR count). The number of nitrogens with zero attached hydrogens (tertiary/aromatic N) is 2. The van der Waals surface area contributed by atoms with Crippen LogP contribution in [0.4, 0.5) is 17.3 Å². The zero-order valence-corrected chi connectivity index (χ0v) is 15.4. The van der Waals surface area contributed by atoms with E-state index in [1.807, 2.05) is 30.3 Å². The van der Waals surface area contributed by atoms with Gasteiger partial charge < -0.3 is 15.4 Å². The van der Waals surface area contributed by atoms with Crippen LogP contribution in [0.2, 0.25) is 0 Å². The van der Waals surface area contributed by atoms with Gasteiger partial charge >= 0.3 is 0 Å². The molecule has 0 fully saturated rings. The van der Waals surface area contributed by atoms with Crippen LogP contribution < -0.4 is 15.4 Å². The second kappa shape index (κ2) is 8.80. The molecule has 0 aliphatic heterocycles. The lowest BCUT2D eigenvalue weighted by Gasteiger charge is -2.09. The van der Waals surface area contributed by atoms with Gasteiger partial charge in [-0.3, -0.25) is 4.79 Å². The number of benzene rings is 2. The molecule has 138 valence electrons. The number of carbonyl (C=O) groups excluding carboxylic acids is 1. The van der Waals surface area contributed by atoms with Gasteiger partial charge in [0.1, 0.15) is 23.7 Å². The van der Waals surface area contributed by atoms with E-state index in [2.05, 4.69) is 32.7 Å². The fourth-order valence-corrected chi connectivity index (χ4v) is 2.59. The minimum absolute atomic E-state index is 0.0481. The number of methoxy groups -OCH3 is 1. The van der Waals surface area contributed by atoms with Crippen molar-refractivity contribution in [2.45, 2.75) is 13.3 Å². The van der Waals surface area contributed by atoms with Gasteiger partial charge in [-0.05, 0) is 55.3 Å². The summed E-state index contributed by atoms with van der Waals surface area (Å²) in [5, 5.41) is 6.52. The highest BCUT2D eigenvalue weighted by atomic mass is 16.5. The van der Waals surface area contributed by atoms with Crippen LogP contribution in [0.15, 0.2) is 60.9 Å². The Kier molecular flexibility index (Phi) is 5.99. The molecule has 2 aromatic carbocycles. The van der Waals surface area contributed by atoms with Crippen molar-refractivity contribution >= 4 is 23.1 Å². The first kappa shape index (κ1) is 18.4. The summed E-state index contributed by atoms with van der Waals surface area (Å²) in [7, 11) is 1.66. The van der Waals surface area contributed by atoms with Crippen molar-refractivity contribution in [1.82, 2.24) is 9.97 Å². The van der Waals surface area contributed by atoms with Gasteiger partial charge in [0, 0.05) is 23.9 Å². The van der Waals surface area contributed by atoms with Gasteiger partial charge in [0.15, 0.2) is 5.78 Å². The molecule has 1 aromatic heterocycles. The number of hydrogen-bond donors (Lipinski definition) is 2. The summed E-state index contributed by atoms with van der Waals surface area (Å²) in [6.45, 7) is 2.31. The standard InChI is InChI=1S/C21H22N4O2/c1-15(26)17-5-7-18(8-6-17)25-21-13-20(23-14-24-21)22-12-11-16-3-9-19(27-2)10-4-16/h3-10,13-14H,11-12H2,1-2H3,(H2,22,23,24,25). The predicted octanol–water partition coefficient (Wildman–Crippen LogP) is 4.09. The van der Waals surface area contributed by atoms with E-state index in [4.69, 9.17) is 4.74 Å². The summed E-state index contributed by atoms with van der Waals surface area (Å²) in [4.78, 5) is 19.8. The zero-order valence-electron chi connectivity index (χ0n) is 15.4. The first-order valence-corrected chi connectivity index (χ1v) is 8.71. The van der Waals surface area contributed by atoms with Crippen LogP contribution in [0, 0.1) is 0 Å². The molecule has 0 radical (unpaired) electrons. The predicted molar refractivity (Wildman–Crippen MR) is 107 cm³/mol. The van der Waals surface area contributed by atoms with Gasteiger partial charge in [0.05, 0.1) is 7.11 Å². The van der Waals surface area contributed by atoms with Gasteiger partial charge in [-0.25, -0.2) is 9.97 Å². The highest BCUT2D eigenvalue weighted by Gasteiger charge is 2.02. The maximum absolute atomic E-state index is 11.3. The number of aromatic nitrogens is 2. The molecule has 0 saturated heterocycles. The molecular weight excluding hydrogens is 340 g/mol. The highest BCUT2D eigenvalue weighted by molar-refractivity contribution is 5.94. The Morgan fingerprint density at radius 2 is 1.70 bits per heavy atom. The molecule has 0 atom stereocenters. The number of nitrogens with one attached hydrogen (secondary N) is 2. The smallest absolute Gasteiger partial charge is 0.159 e. The third-order valence-corrected chi connectivity index (χ3v) is 4.11. The van der Waals surface area contributed by atoms with E-state index in [1.54, 1.807) is 26.2 Å². The summed E-state index contributed by atoms with van der Waals surface area (Å²) >= 11 is 0. The first-order chi connectivity index (χ1) is 13.1. The van der Waals surface area contributed by atoms with Crippen LogP contribution >= 0.6 is 0 Å². The van der Waals surface area contributed by atoms with Crippen LogP contribution in [-0.4, -0.2) is 29.4 Å². The third-order valence-electron chi connectivity index (χ3n) is 4.11. The molecule has 27 heavy (non-hydrogen) atoms. The van der Waals surface area contributed by atoms with Crippen molar-refractivity contribution in [2.75, 3.05) is 24.3 Å². The van der Waals surface area contributed by atoms with Crippen LogP contribution in [0.1, 0.15) is 22.8 Å². The van der Waals surface area contributed by atoms with Crippen molar-refractivity contribution in [3.05, 3.63) is 72.1 Å². The van der Waals surface area contributed by atoms with E-state index in [1.165, 1.54) is 11.9 Å². The lowest BCUT2D eigenvalue weighted by molar-refractivity contribution is 0.101. The molecule has 3 aromatic rings. The van der Waals surface area contributed by atoms with Crippen LogP contribution in [0.25, 0.3) is 0 Å². The van der Waals surface area contributed by atoms with Crippen molar-refractivity contribution in [1.29, 1.82) is 0 Å². The molecule has 2 N–H and O–H groups in total. The Morgan fingerprint density at radius 1 is 1.00 bits per heavy atom. The topological polar surface area (TPSA) is 76.1 Å². The SMILES string of the molecule is COc1ccc(CCNc2cc(Nc3ccc(C(C)=O)cc3)ncn2)cc1. The Balaban J connectivity index is 1.55. The molecule has 0 amide bonds. The number of carbonyl (C=O) groups is 1. The molecule has 6 heteroatoms. The van der Waals surface area contributed by atoms with Gasteiger partial charge in [-0.2, -0.15) is 0 Å². The third kappa shape index (κ3) is 5.28. The average molecular weight is 362 g/mol. The minimum atomic E-state index is 0.0481. The summed E-state index contributed by atoms with van der Waals surface area (Å²) < 4.78 is 5.17. The lowest BCUT2D eigenvalue weighted by atomic mass is 10.1. The number of Topliss-reactive ketones (excluding diaryl/α,β-unsaturated/α-hetero) is 1. The fraction of sp³-hybridized carbons (Fsp3) is 0.190. The van der Waals surface area contributed by atoms with Crippen molar-refractivity contribution in [2.24, 2.45) is 0 Å². The van der Waals surface area contributed by atoms with E-state index in [-0.39, 0.29) is 5.78 Å².